The second-order valence-electron chi connectivity index (χ2n) is 8.35. The molecule has 11 heteroatoms. The van der Waals surface area contributed by atoms with Crippen LogP contribution in [0.2, 0.25) is 0 Å². The first kappa shape index (κ1) is 24.9. The summed E-state index contributed by atoms with van der Waals surface area (Å²) < 4.78 is 5.52. The minimum absolute atomic E-state index is 0.123. The van der Waals surface area contributed by atoms with E-state index in [0.29, 0.717) is 5.56 Å². The molecule has 0 radical (unpaired) electrons. The molecule has 1 saturated heterocycles. The third-order valence-corrected chi connectivity index (χ3v) is 5.74. The maximum atomic E-state index is 13.4. The van der Waals surface area contributed by atoms with Crippen LogP contribution in [0.5, 0.6) is 0 Å². The van der Waals surface area contributed by atoms with Gasteiger partial charge in [0.25, 0.3) is 11.6 Å². The summed E-state index contributed by atoms with van der Waals surface area (Å²) >= 11 is 0. The van der Waals surface area contributed by atoms with Crippen molar-refractivity contribution in [2.75, 3.05) is 13.1 Å². The fourth-order valence-corrected chi connectivity index (χ4v) is 4.13. The number of non-ortho nitro benzene ring substituents is 1. The lowest BCUT2D eigenvalue weighted by molar-refractivity contribution is -0.384. The molecular weight excluding hydrogens is 444 g/mol. The Morgan fingerprint density at radius 1 is 1.26 bits per heavy atom. The van der Waals surface area contributed by atoms with Crippen LogP contribution in [0.25, 0.3) is 6.08 Å². The number of nitrogens with one attached hydrogen (secondary N) is 2. The van der Waals surface area contributed by atoms with Crippen LogP contribution in [0.4, 0.5) is 5.69 Å². The molecule has 2 aliphatic rings. The van der Waals surface area contributed by atoms with Crippen molar-refractivity contribution in [1.82, 2.24) is 15.5 Å². The first-order valence-electron chi connectivity index (χ1n) is 11.3. The average Bonchev–Trinajstić information content (AvgIpc) is 2.80. The van der Waals surface area contributed by atoms with Crippen molar-refractivity contribution in [2.24, 2.45) is 0 Å². The number of hydrogen-bond donors (Lipinski definition) is 2. The number of carbonyl (C=O) groups is 4. The zero-order valence-electron chi connectivity index (χ0n) is 19.0. The van der Waals surface area contributed by atoms with Gasteiger partial charge in [-0.05, 0) is 37.3 Å². The molecule has 1 aliphatic heterocycles. The molecule has 34 heavy (non-hydrogen) atoms. The lowest BCUT2D eigenvalue weighted by Gasteiger charge is -2.35. The molecule has 0 aromatic heterocycles. The maximum Gasteiger partial charge on any atom is 0.308 e. The second kappa shape index (κ2) is 11.4. The van der Waals surface area contributed by atoms with E-state index < -0.39 is 34.7 Å². The Bertz CT molecular complexity index is 1000. The van der Waals surface area contributed by atoms with Crippen LogP contribution < -0.4 is 10.6 Å². The van der Waals surface area contributed by atoms with Crippen molar-refractivity contribution in [3.63, 3.8) is 0 Å². The summed E-state index contributed by atoms with van der Waals surface area (Å²) in [5.41, 5.74) is -0.0153. The molecule has 1 aliphatic carbocycles. The Morgan fingerprint density at radius 2 is 2.00 bits per heavy atom. The third-order valence-electron chi connectivity index (χ3n) is 5.74. The van der Waals surface area contributed by atoms with E-state index in [9.17, 15) is 29.3 Å². The number of esters is 1. The first-order valence-corrected chi connectivity index (χ1v) is 11.3. The predicted octanol–water partition coefficient (Wildman–Crippen LogP) is 1.66. The SMILES string of the molecule is CC(=O)N/C(=C\c1cccc([N+](=O)[O-])c1)C(=O)N1CCNC(=O)C1CC(=O)OC1CCCCC1. The van der Waals surface area contributed by atoms with Gasteiger partial charge in [-0.1, -0.05) is 18.6 Å². The zero-order valence-corrected chi connectivity index (χ0v) is 19.0. The van der Waals surface area contributed by atoms with Gasteiger partial charge in [0.1, 0.15) is 17.8 Å². The number of ether oxygens (including phenoxy) is 1. The molecule has 1 aromatic rings. The normalized spacial score (nSPS) is 19.2. The summed E-state index contributed by atoms with van der Waals surface area (Å²) in [4.78, 5) is 62.0. The van der Waals surface area contributed by atoms with Gasteiger partial charge in [0.15, 0.2) is 0 Å². The summed E-state index contributed by atoms with van der Waals surface area (Å²) in [7, 11) is 0. The summed E-state index contributed by atoms with van der Waals surface area (Å²) in [6.07, 6.45) is 5.45. The Kier molecular flexibility index (Phi) is 8.34. The van der Waals surface area contributed by atoms with Gasteiger partial charge in [-0.25, -0.2) is 0 Å². The summed E-state index contributed by atoms with van der Waals surface area (Å²) in [5.74, 6) is -2.25. The minimum Gasteiger partial charge on any atom is -0.462 e. The van der Waals surface area contributed by atoms with Crippen molar-refractivity contribution >= 4 is 35.5 Å². The lowest BCUT2D eigenvalue weighted by atomic mass is 9.98. The lowest BCUT2D eigenvalue weighted by Crippen LogP contribution is -2.59. The largest absolute Gasteiger partial charge is 0.462 e. The van der Waals surface area contributed by atoms with Gasteiger partial charge in [0.2, 0.25) is 11.8 Å². The molecule has 1 unspecified atom stereocenters. The molecular formula is C23H28N4O7. The van der Waals surface area contributed by atoms with E-state index >= 15 is 0 Å². The number of benzene rings is 1. The summed E-state index contributed by atoms with van der Waals surface area (Å²) in [6, 6.07) is 4.47. The van der Waals surface area contributed by atoms with Crippen molar-refractivity contribution in [2.45, 2.75) is 57.6 Å². The van der Waals surface area contributed by atoms with Crippen molar-refractivity contribution < 1.29 is 28.8 Å². The van der Waals surface area contributed by atoms with E-state index in [2.05, 4.69) is 10.6 Å². The minimum atomic E-state index is -1.10. The maximum absolute atomic E-state index is 13.4. The number of carbonyl (C=O) groups excluding carboxylic acids is 4. The highest BCUT2D eigenvalue weighted by Gasteiger charge is 2.37. The fraction of sp³-hybridized carbons (Fsp3) is 0.478. The van der Waals surface area contributed by atoms with Crippen LogP contribution in [0.1, 0.15) is 51.0 Å². The Labute approximate surface area is 196 Å². The van der Waals surface area contributed by atoms with Crippen LogP contribution >= 0.6 is 0 Å². The first-order chi connectivity index (χ1) is 16.2. The van der Waals surface area contributed by atoms with Gasteiger partial charge >= 0.3 is 5.97 Å². The highest BCUT2D eigenvalue weighted by atomic mass is 16.6. The molecule has 1 atom stereocenters. The number of amides is 3. The monoisotopic (exact) mass is 472 g/mol. The molecule has 1 aromatic carbocycles. The molecule has 2 N–H and O–H groups in total. The predicted molar refractivity (Wildman–Crippen MR) is 121 cm³/mol. The summed E-state index contributed by atoms with van der Waals surface area (Å²) in [6.45, 7) is 1.53. The number of nitro benzene ring substituents is 1. The molecule has 1 heterocycles. The molecule has 3 rings (SSSR count). The standard InChI is InChI=1S/C23H28N4O7/c1-15(28)25-19(13-16-6-5-7-17(12-16)27(32)33)23(31)26-11-10-24-22(30)20(26)14-21(29)34-18-8-3-2-4-9-18/h5-7,12-13,18,20H,2-4,8-11,14H2,1H3,(H,24,30)(H,25,28)/b19-13-. The van der Waals surface area contributed by atoms with Gasteiger partial charge in [0.05, 0.1) is 11.3 Å². The van der Waals surface area contributed by atoms with Crippen LogP contribution in [0.15, 0.2) is 30.0 Å². The molecule has 0 spiro atoms. The van der Waals surface area contributed by atoms with Crippen molar-refractivity contribution in [1.29, 1.82) is 0 Å². The number of nitrogens with zero attached hydrogens (tertiary/aromatic N) is 2. The quantitative estimate of drug-likeness (QED) is 0.265. The molecule has 2 fully saturated rings. The number of hydrogen-bond acceptors (Lipinski definition) is 7. The number of nitro groups is 1. The van der Waals surface area contributed by atoms with Crippen LogP contribution in [-0.2, 0) is 23.9 Å². The van der Waals surface area contributed by atoms with Crippen LogP contribution in [0.3, 0.4) is 0 Å². The van der Waals surface area contributed by atoms with Gasteiger partial charge < -0.3 is 20.3 Å². The number of piperazine rings is 1. The molecule has 182 valence electrons. The molecule has 11 nitrogen and oxygen atoms in total. The van der Waals surface area contributed by atoms with E-state index in [1.165, 1.54) is 36.1 Å². The van der Waals surface area contributed by atoms with Gasteiger partial charge in [0, 0.05) is 32.1 Å². The summed E-state index contributed by atoms with van der Waals surface area (Å²) in [5, 5.41) is 16.2. The van der Waals surface area contributed by atoms with Gasteiger partial charge in [-0.2, -0.15) is 0 Å². The van der Waals surface area contributed by atoms with Gasteiger partial charge in [-0.15, -0.1) is 0 Å². The molecule has 1 saturated carbocycles. The molecule has 3 amide bonds. The average molecular weight is 472 g/mol. The Hall–Kier alpha value is -3.76. The fourth-order valence-electron chi connectivity index (χ4n) is 4.13. The smallest absolute Gasteiger partial charge is 0.308 e. The van der Waals surface area contributed by atoms with E-state index in [-0.39, 0.29) is 37.0 Å². The highest BCUT2D eigenvalue weighted by Crippen LogP contribution is 2.22. The van der Waals surface area contributed by atoms with Gasteiger partial charge in [-0.3, -0.25) is 29.3 Å². The Balaban J connectivity index is 1.81. The van der Waals surface area contributed by atoms with Crippen molar-refractivity contribution in [3.05, 3.63) is 45.6 Å². The van der Waals surface area contributed by atoms with E-state index in [1.54, 1.807) is 6.07 Å². The van der Waals surface area contributed by atoms with Crippen molar-refractivity contribution in [3.8, 4) is 0 Å². The topological polar surface area (TPSA) is 148 Å². The van der Waals surface area contributed by atoms with E-state index in [0.717, 1.165) is 32.1 Å². The van der Waals surface area contributed by atoms with Crippen LogP contribution in [0, 0.1) is 10.1 Å². The highest BCUT2D eigenvalue weighted by molar-refractivity contribution is 6.03. The second-order valence-corrected chi connectivity index (χ2v) is 8.35. The van der Waals surface area contributed by atoms with E-state index in [1.807, 2.05) is 0 Å². The Morgan fingerprint density at radius 3 is 2.68 bits per heavy atom. The van der Waals surface area contributed by atoms with E-state index in [4.69, 9.17) is 4.74 Å². The zero-order chi connectivity index (χ0) is 24.7. The molecule has 0 bridgehead atoms. The number of rotatable bonds is 7. The third kappa shape index (κ3) is 6.63. The van der Waals surface area contributed by atoms with Crippen LogP contribution in [-0.4, -0.2) is 58.7 Å².